The van der Waals surface area contributed by atoms with Crippen molar-refractivity contribution in [3.8, 4) is 22.2 Å². The van der Waals surface area contributed by atoms with Gasteiger partial charge in [0.2, 0.25) is 5.91 Å². The molecule has 7 nitrogen and oxygen atoms in total. The van der Waals surface area contributed by atoms with Crippen LogP contribution in [0.1, 0.15) is 18.5 Å². The van der Waals surface area contributed by atoms with Crippen molar-refractivity contribution in [2.24, 2.45) is 0 Å². The van der Waals surface area contributed by atoms with Gasteiger partial charge < -0.3 is 14.8 Å². The van der Waals surface area contributed by atoms with Crippen molar-refractivity contribution >= 4 is 29.5 Å². The Morgan fingerprint density at radius 2 is 2.18 bits per heavy atom. The molecule has 0 aliphatic carbocycles. The van der Waals surface area contributed by atoms with Gasteiger partial charge in [-0.1, -0.05) is 6.07 Å². The lowest BCUT2D eigenvalue weighted by molar-refractivity contribution is -0.123. The lowest BCUT2D eigenvalue weighted by Gasteiger charge is -2.16. The van der Waals surface area contributed by atoms with E-state index in [9.17, 15) is 4.79 Å². The highest BCUT2D eigenvalue weighted by atomic mass is 32.1. The molecule has 1 amide bonds. The zero-order valence-electron chi connectivity index (χ0n) is 15.9. The Balaban J connectivity index is 1.68. The highest BCUT2D eigenvalue weighted by molar-refractivity contribution is 7.71. The van der Waals surface area contributed by atoms with Crippen LogP contribution in [-0.2, 0) is 11.2 Å². The third-order valence-electron chi connectivity index (χ3n) is 4.39. The van der Waals surface area contributed by atoms with Crippen molar-refractivity contribution in [2.45, 2.75) is 19.4 Å². The number of hydrogen-bond donors (Lipinski definition) is 2. The van der Waals surface area contributed by atoms with Gasteiger partial charge in [0.05, 0.1) is 19.1 Å². The molecule has 148 valence electrons. The number of benzene rings is 1. The second-order valence-electron chi connectivity index (χ2n) is 6.09. The summed E-state index contributed by atoms with van der Waals surface area (Å²) in [5.74, 6) is 2.05. The van der Waals surface area contributed by atoms with Gasteiger partial charge in [-0.15, -0.1) is 11.3 Å². The summed E-state index contributed by atoms with van der Waals surface area (Å²) in [5, 5.41) is 12.0. The van der Waals surface area contributed by atoms with Gasteiger partial charge in [-0.05, 0) is 60.8 Å². The van der Waals surface area contributed by atoms with Gasteiger partial charge in [-0.3, -0.25) is 14.5 Å². The summed E-state index contributed by atoms with van der Waals surface area (Å²) < 4.78 is 12.8. The molecular weight excluding hydrogens is 396 g/mol. The Morgan fingerprint density at radius 3 is 2.86 bits per heavy atom. The predicted molar refractivity (Wildman–Crippen MR) is 112 cm³/mol. The zero-order chi connectivity index (χ0) is 20.1. The smallest absolute Gasteiger partial charge is 0.242 e. The minimum Gasteiger partial charge on any atom is -0.497 e. The molecule has 0 aliphatic rings. The van der Waals surface area contributed by atoms with Gasteiger partial charge in [0.25, 0.3) is 0 Å². The number of hydrogen-bond acceptors (Lipinski definition) is 6. The van der Waals surface area contributed by atoms with Gasteiger partial charge >= 0.3 is 0 Å². The molecule has 0 aliphatic heterocycles. The Bertz CT molecular complexity index is 995. The largest absolute Gasteiger partial charge is 0.497 e. The van der Waals surface area contributed by atoms with E-state index in [1.54, 1.807) is 30.1 Å². The molecule has 2 N–H and O–H groups in total. The monoisotopic (exact) mass is 418 g/mol. The maximum Gasteiger partial charge on any atom is 0.242 e. The van der Waals surface area contributed by atoms with Crippen LogP contribution < -0.4 is 14.8 Å². The highest BCUT2D eigenvalue weighted by Crippen LogP contribution is 2.26. The van der Waals surface area contributed by atoms with E-state index >= 15 is 0 Å². The molecule has 0 radical (unpaired) electrons. The summed E-state index contributed by atoms with van der Waals surface area (Å²) in [7, 11) is 3.24. The van der Waals surface area contributed by atoms with Gasteiger partial charge in [0.15, 0.2) is 10.6 Å². The van der Waals surface area contributed by atoms with Crippen LogP contribution in [0.25, 0.3) is 10.7 Å². The second-order valence-corrected chi connectivity index (χ2v) is 7.43. The van der Waals surface area contributed by atoms with E-state index in [0.29, 0.717) is 23.6 Å². The fourth-order valence-electron chi connectivity index (χ4n) is 2.91. The van der Waals surface area contributed by atoms with Crippen molar-refractivity contribution in [3.63, 3.8) is 0 Å². The summed E-state index contributed by atoms with van der Waals surface area (Å²) in [6.45, 7) is 2.27. The number of H-pyrrole nitrogens is 1. The molecule has 2 aromatic heterocycles. The minimum atomic E-state index is -0.490. The van der Waals surface area contributed by atoms with E-state index in [1.807, 2.05) is 42.6 Å². The Morgan fingerprint density at radius 1 is 1.36 bits per heavy atom. The lowest BCUT2D eigenvalue weighted by Crippen LogP contribution is -2.32. The molecule has 0 spiro atoms. The summed E-state index contributed by atoms with van der Waals surface area (Å²) >= 11 is 6.88. The molecule has 2 heterocycles. The van der Waals surface area contributed by atoms with E-state index < -0.39 is 6.04 Å². The van der Waals surface area contributed by atoms with Crippen LogP contribution >= 0.6 is 23.6 Å². The molecule has 28 heavy (non-hydrogen) atoms. The topological polar surface area (TPSA) is 81.2 Å². The Kier molecular flexibility index (Phi) is 6.48. The normalized spacial score (nSPS) is 11.8. The second kappa shape index (κ2) is 9.03. The number of amides is 1. The Labute approximate surface area is 172 Å². The molecule has 0 saturated carbocycles. The first-order valence-corrected chi connectivity index (χ1v) is 10.0. The molecule has 1 atom stereocenters. The third kappa shape index (κ3) is 4.26. The summed E-state index contributed by atoms with van der Waals surface area (Å²) in [6, 6.07) is 9.01. The SMILES string of the molecule is COc1ccc(OC)c(CCNC(=O)C(C)n2c(-c3cccs3)n[nH]c2=S)c1. The van der Waals surface area contributed by atoms with Crippen molar-refractivity contribution in [1.82, 2.24) is 20.1 Å². The van der Waals surface area contributed by atoms with E-state index in [1.165, 1.54) is 0 Å². The minimum absolute atomic E-state index is 0.128. The summed E-state index contributed by atoms with van der Waals surface area (Å²) in [6.07, 6.45) is 0.618. The molecule has 9 heteroatoms. The maximum atomic E-state index is 12.7. The van der Waals surface area contributed by atoms with Gasteiger partial charge in [0, 0.05) is 6.54 Å². The van der Waals surface area contributed by atoms with E-state index in [2.05, 4.69) is 15.5 Å². The fourth-order valence-corrected chi connectivity index (χ4v) is 3.91. The van der Waals surface area contributed by atoms with Crippen LogP contribution in [0, 0.1) is 4.77 Å². The van der Waals surface area contributed by atoms with Crippen LogP contribution in [0.4, 0.5) is 0 Å². The number of methoxy groups -OCH3 is 2. The Hall–Kier alpha value is -2.65. The van der Waals surface area contributed by atoms with Gasteiger partial charge in [0.1, 0.15) is 17.5 Å². The van der Waals surface area contributed by atoms with Crippen LogP contribution in [0.5, 0.6) is 11.5 Å². The molecule has 0 saturated heterocycles. The summed E-state index contributed by atoms with van der Waals surface area (Å²) in [5.41, 5.74) is 0.967. The molecule has 0 fully saturated rings. The summed E-state index contributed by atoms with van der Waals surface area (Å²) in [4.78, 5) is 13.7. The number of carbonyl (C=O) groups excluding carboxylic acids is 1. The molecule has 3 aromatic rings. The van der Waals surface area contributed by atoms with Crippen molar-refractivity contribution < 1.29 is 14.3 Å². The number of aromatic amines is 1. The zero-order valence-corrected chi connectivity index (χ0v) is 17.5. The first-order chi connectivity index (χ1) is 13.5. The van der Waals surface area contributed by atoms with E-state index in [-0.39, 0.29) is 5.91 Å². The number of rotatable bonds is 8. The molecule has 3 rings (SSSR count). The van der Waals surface area contributed by atoms with E-state index in [0.717, 1.165) is 21.9 Å². The number of carbonyl (C=O) groups is 1. The third-order valence-corrected chi connectivity index (χ3v) is 5.55. The van der Waals surface area contributed by atoms with E-state index in [4.69, 9.17) is 21.7 Å². The fraction of sp³-hybridized carbons (Fsp3) is 0.316. The predicted octanol–water partition coefficient (Wildman–Crippen LogP) is 3.61. The van der Waals surface area contributed by atoms with Crippen LogP contribution in [0.2, 0.25) is 0 Å². The number of aromatic nitrogens is 3. The number of thiophene rings is 1. The first-order valence-electron chi connectivity index (χ1n) is 8.74. The average molecular weight is 419 g/mol. The van der Waals surface area contributed by atoms with Gasteiger partial charge in [-0.25, -0.2) is 0 Å². The van der Waals surface area contributed by atoms with Gasteiger partial charge in [-0.2, -0.15) is 5.10 Å². The molecule has 1 aromatic carbocycles. The van der Waals surface area contributed by atoms with Crippen LogP contribution in [0.3, 0.4) is 0 Å². The van der Waals surface area contributed by atoms with Crippen molar-refractivity contribution in [3.05, 3.63) is 46.0 Å². The average Bonchev–Trinajstić information content (AvgIpc) is 3.36. The van der Waals surface area contributed by atoms with Crippen LogP contribution in [0.15, 0.2) is 35.7 Å². The first kappa shape index (κ1) is 20.1. The maximum absolute atomic E-state index is 12.7. The number of nitrogens with one attached hydrogen (secondary N) is 2. The highest BCUT2D eigenvalue weighted by Gasteiger charge is 2.21. The van der Waals surface area contributed by atoms with Crippen LogP contribution in [-0.4, -0.2) is 41.4 Å². The quantitative estimate of drug-likeness (QED) is 0.546. The molecular formula is C19H22N4O3S2. The molecule has 0 bridgehead atoms. The standard InChI is InChI=1S/C19H22N4O3S2/c1-12(23-17(21-22-19(23)27)16-5-4-10-28-16)18(24)20-9-8-13-11-14(25-2)6-7-15(13)26-3/h4-7,10-12H,8-9H2,1-3H3,(H,20,24)(H,22,27). The number of nitrogens with zero attached hydrogens (tertiary/aromatic N) is 2. The lowest BCUT2D eigenvalue weighted by atomic mass is 10.1. The number of ether oxygens (including phenoxy) is 2. The van der Waals surface area contributed by atoms with Crippen molar-refractivity contribution in [2.75, 3.05) is 20.8 Å². The van der Waals surface area contributed by atoms with Crippen molar-refractivity contribution in [1.29, 1.82) is 0 Å². The molecule has 1 unspecified atom stereocenters.